The molecule has 4 rings (SSSR count). The Morgan fingerprint density at radius 2 is 1.42 bits per heavy atom. The molecule has 166 valence electrons. The van der Waals surface area contributed by atoms with Crippen LogP contribution in [0, 0.1) is 0 Å². The van der Waals surface area contributed by atoms with Crippen molar-refractivity contribution >= 4 is 34.9 Å². The van der Waals surface area contributed by atoms with Crippen molar-refractivity contribution < 1.29 is 24.6 Å². The molecule has 0 atom stereocenters. The number of carboxylic acid groups (broad SMARTS) is 2. The Bertz CT molecular complexity index is 847. The summed E-state index contributed by atoms with van der Waals surface area (Å²) in [5.41, 5.74) is 1.33. The first-order valence-corrected chi connectivity index (χ1v) is 11.2. The lowest BCUT2D eigenvalue weighted by Gasteiger charge is -2.43. The third-order valence-corrected chi connectivity index (χ3v) is 6.48. The molecule has 2 aliphatic rings. The van der Waals surface area contributed by atoms with Crippen LogP contribution in [-0.4, -0.2) is 83.2 Å². The molecule has 0 radical (unpaired) electrons. The number of anilines is 1. The molecule has 2 N–H and O–H groups in total. The van der Waals surface area contributed by atoms with E-state index in [-0.39, 0.29) is 5.91 Å². The number of hydrogen-bond acceptors (Lipinski definition) is 6. The number of piperazine rings is 1. The molecule has 0 unspecified atom stereocenters. The zero-order chi connectivity index (χ0) is 22.2. The first kappa shape index (κ1) is 22.8. The van der Waals surface area contributed by atoms with Crippen molar-refractivity contribution in [3.05, 3.63) is 52.7 Å². The summed E-state index contributed by atoms with van der Waals surface area (Å²) in [5, 5.41) is 16.8. The quantitative estimate of drug-likeness (QED) is 0.699. The highest BCUT2D eigenvalue weighted by Crippen LogP contribution is 2.23. The molecular weight excluding hydrogens is 418 g/mol. The number of nitrogens with zero attached hydrogens (tertiary/aromatic N) is 3. The standard InChI is InChI=1S/C20H25N3OS.C2H2O4/c24-20(19-7-4-16-25-19)23-10-8-18(9-11-23)22-14-12-21(13-15-22)17-5-2-1-3-6-17;3-1(4)2(5)6/h1-7,16,18H,8-15H2;(H,3,4)(H,5,6). The van der Waals surface area contributed by atoms with Crippen molar-refractivity contribution in [2.24, 2.45) is 0 Å². The number of rotatable bonds is 3. The van der Waals surface area contributed by atoms with E-state index in [1.165, 1.54) is 5.69 Å². The van der Waals surface area contributed by atoms with Gasteiger partial charge in [-0.05, 0) is 36.4 Å². The van der Waals surface area contributed by atoms with E-state index in [2.05, 4.69) is 40.1 Å². The lowest BCUT2D eigenvalue weighted by Crippen LogP contribution is -2.53. The van der Waals surface area contributed by atoms with Gasteiger partial charge in [-0.2, -0.15) is 0 Å². The number of thiophene rings is 1. The van der Waals surface area contributed by atoms with Crippen molar-refractivity contribution in [2.75, 3.05) is 44.2 Å². The van der Waals surface area contributed by atoms with Crippen LogP contribution < -0.4 is 4.90 Å². The minimum absolute atomic E-state index is 0.211. The normalized spacial score (nSPS) is 17.5. The first-order valence-electron chi connectivity index (χ1n) is 10.3. The molecule has 2 aliphatic heterocycles. The van der Waals surface area contributed by atoms with Gasteiger partial charge in [0.2, 0.25) is 0 Å². The Hall–Kier alpha value is -2.91. The maximum absolute atomic E-state index is 12.5. The van der Waals surface area contributed by atoms with Crippen LogP contribution in [0.15, 0.2) is 47.8 Å². The number of carbonyl (C=O) groups is 3. The van der Waals surface area contributed by atoms with Gasteiger partial charge >= 0.3 is 11.9 Å². The van der Waals surface area contributed by atoms with Crippen LogP contribution in [0.25, 0.3) is 0 Å². The molecule has 0 aliphatic carbocycles. The molecular formula is C22H27N3O5S. The van der Waals surface area contributed by atoms with Crippen LogP contribution in [0.5, 0.6) is 0 Å². The van der Waals surface area contributed by atoms with Crippen LogP contribution >= 0.6 is 11.3 Å². The molecule has 1 aromatic heterocycles. The maximum atomic E-state index is 12.5. The highest BCUT2D eigenvalue weighted by molar-refractivity contribution is 7.12. The number of likely N-dealkylation sites (tertiary alicyclic amines) is 1. The Morgan fingerprint density at radius 3 is 1.94 bits per heavy atom. The molecule has 0 spiro atoms. The molecule has 31 heavy (non-hydrogen) atoms. The zero-order valence-electron chi connectivity index (χ0n) is 17.2. The number of aliphatic carboxylic acids is 2. The van der Waals surface area contributed by atoms with Crippen molar-refractivity contribution in [3.8, 4) is 0 Å². The fourth-order valence-electron chi connectivity index (χ4n) is 3.97. The first-order chi connectivity index (χ1) is 15.0. The van der Waals surface area contributed by atoms with E-state index in [4.69, 9.17) is 19.8 Å². The average molecular weight is 446 g/mol. The monoisotopic (exact) mass is 445 g/mol. The predicted molar refractivity (Wildman–Crippen MR) is 119 cm³/mol. The second-order valence-corrected chi connectivity index (χ2v) is 8.42. The van der Waals surface area contributed by atoms with E-state index >= 15 is 0 Å². The van der Waals surface area contributed by atoms with Gasteiger partial charge in [0.05, 0.1) is 4.88 Å². The minimum Gasteiger partial charge on any atom is -0.473 e. The van der Waals surface area contributed by atoms with Crippen LogP contribution in [0.3, 0.4) is 0 Å². The molecule has 1 amide bonds. The molecule has 2 fully saturated rings. The number of carbonyl (C=O) groups excluding carboxylic acids is 1. The number of carboxylic acids is 2. The highest BCUT2D eigenvalue weighted by Gasteiger charge is 2.29. The molecule has 3 heterocycles. The van der Waals surface area contributed by atoms with Gasteiger partial charge in [-0.25, -0.2) is 9.59 Å². The molecule has 2 aromatic rings. The van der Waals surface area contributed by atoms with Gasteiger partial charge in [0.1, 0.15) is 0 Å². The van der Waals surface area contributed by atoms with Gasteiger partial charge in [0, 0.05) is 51.0 Å². The van der Waals surface area contributed by atoms with Crippen molar-refractivity contribution in [3.63, 3.8) is 0 Å². The van der Waals surface area contributed by atoms with Gasteiger partial charge in [0.15, 0.2) is 0 Å². The van der Waals surface area contributed by atoms with Crippen LogP contribution in [-0.2, 0) is 9.59 Å². The van der Waals surface area contributed by atoms with Crippen LogP contribution in [0.1, 0.15) is 22.5 Å². The Morgan fingerprint density at radius 1 is 0.806 bits per heavy atom. The summed E-state index contributed by atoms with van der Waals surface area (Å²) < 4.78 is 0. The number of amides is 1. The Labute approximate surface area is 185 Å². The number of para-hydroxylation sites is 1. The molecule has 9 heteroatoms. The molecule has 0 bridgehead atoms. The largest absolute Gasteiger partial charge is 0.473 e. The topological polar surface area (TPSA) is 101 Å². The van der Waals surface area contributed by atoms with E-state index < -0.39 is 11.9 Å². The Kier molecular flexibility index (Phi) is 8.02. The van der Waals surface area contributed by atoms with Gasteiger partial charge in [-0.3, -0.25) is 9.69 Å². The van der Waals surface area contributed by atoms with Gasteiger partial charge in [-0.1, -0.05) is 24.3 Å². The summed E-state index contributed by atoms with van der Waals surface area (Å²) in [4.78, 5) is 38.7. The van der Waals surface area contributed by atoms with E-state index in [0.29, 0.717) is 6.04 Å². The minimum atomic E-state index is -1.82. The second-order valence-electron chi connectivity index (χ2n) is 7.47. The predicted octanol–water partition coefficient (Wildman–Crippen LogP) is 2.33. The number of hydrogen-bond donors (Lipinski definition) is 2. The van der Waals surface area contributed by atoms with Crippen molar-refractivity contribution in [2.45, 2.75) is 18.9 Å². The van der Waals surface area contributed by atoms with E-state index in [1.54, 1.807) is 11.3 Å². The van der Waals surface area contributed by atoms with E-state index in [9.17, 15) is 4.79 Å². The van der Waals surface area contributed by atoms with Crippen molar-refractivity contribution in [1.82, 2.24) is 9.80 Å². The molecule has 2 saturated heterocycles. The van der Waals surface area contributed by atoms with E-state index in [1.807, 2.05) is 22.4 Å². The summed E-state index contributed by atoms with van der Waals surface area (Å²) in [6, 6.07) is 15.2. The SMILES string of the molecule is O=C(O)C(=O)O.O=C(c1cccs1)N1CCC(N2CCN(c3ccccc3)CC2)CC1. The molecule has 1 aromatic carbocycles. The fraction of sp³-hybridized carbons (Fsp3) is 0.409. The summed E-state index contributed by atoms with van der Waals surface area (Å²) >= 11 is 1.54. The third kappa shape index (κ3) is 6.28. The Balaban J connectivity index is 0.000000401. The third-order valence-electron chi connectivity index (χ3n) is 5.62. The van der Waals surface area contributed by atoms with E-state index in [0.717, 1.165) is 57.0 Å². The van der Waals surface area contributed by atoms with Gasteiger partial charge < -0.3 is 20.0 Å². The fourth-order valence-corrected chi connectivity index (χ4v) is 4.67. The second kappa shape index (κ2) is 10.9. The van der Waals surface area contributed by atoms with Gasteiger partial charge in [0.25, 0.3) is 5.91 Å². The summed E-state index contributed by atoms with van der Waals surface area (Å²) in [7, 11) is 0. The number of piperidine rings is 1. The lowest BCUT2D eigenvalue weighted by molar-refractivity contribution is -0.159. The average Bonchev–Trinajstić information content (AvgIpc) is 3.35. The molecule has 8 nitrogen and oxygen atoms in total. The highest BCUT2D eigenvalue weighted by atomic mass is 32.1. The smallest absolute Gasteiger partial charge is 0.414 e. The lowest BCUT2D eigenvalue weighted by atomic mass is 10.0. The van der Waals surface area contributed by atoms with Crippen LogP contribution in [0.4, 0.5) is 5.69 Å². The molecule has 0 saturated carbocycles. The summed E-state index contributed by atoms with van der Waals surface area (Å²) in [5.74, 6) is -3.44. The number of benzene rings is 1. The van der Waals surface area contributed by atoms with Crippen molar-refractivity contribution in [1.29, 1.82) is 0 Å². The van der Waals surface area contributed by atoms with Crippen LogP contribution in [0.2, 0.25) is 0 Å². The van der Waals surface area contributed by atoms with Gasteiger partial charge in [-0.15, -0.1) is 11.3 Å². The summed E-state index contributed by atoms with van der Waals surface area (Å²) in [6.07, 6.45) is 2.20. The maximum Gasteiger partial charge on any atom is 0.414 e. The zero-order valence-corrected chi connectivity index (χ0v) is 18.0. The summed E-state index contributed by atoms with van der Waals surface area (Å²) in [6.45, 7) is 6.22.